The van der Waals surface area contributed by atoms with Gasteiger partial charge in [0.05, 0.1) is 44.7 Å². The average Bonchev–Trinajstić information content (AvgIpc) is 3.57. The Hall–Kier alpha value is -4.35. The first-order chi connectivity index (χ1) is 42.9. The highest BCUT2D eigenvalue weighted by Gasteiger charge is 2.39. The molecule has 0 spiro atoms. The molecular weight excluding hydrogens is 1170 g/mol. The minimum Gasteiger partial charge on any atom is -0.395 e. The maximum Gasteiger partial charge on any atom is 0.243 e. The van der Waals surface area contributed by atoms with E-state index in [1.807, 2.05) is 0 Å². The van der Waals surface area contributed by atoms with Crippen LogP contribution in [-0.2, 0) is 62.0 Å². The minimum absolute atomic E-state index is 0.0000539. The predicted molar refractivity (Wildman–Crippen MR) is 317 cm³/mol. The molecule has 3 saturated heterocycles. The van der Waals surface area contributed by atoms with Gasteiger partial charge in [-0.2, -0.15) is 0 Å². The summed E-state index contributed by atoms with van der Waals surface area (Å²) in [5.41, 5.74) is 0. The molecule has 0 aromatic rings. The number of ether oxygens (including phenoxy) is 6. The van der Waals surface area contributed by atoms with Crippen molar-refractivity contribution in [2.24, 2.45) is 0 Å². The topological polar surface area (TPSA) is 461 Å². The number of hydrogen-bond donors (Lipinski definition) is 17. The van der Waals surface area contributed by atoms with Crippen LogP contribution in [0.3, 0.4) is 0 Å². The molecule has 0 aromatic carbocycles. The van der Waals surface area contributed by atoms with Crippen molar-refractivity contribution in [1.82, 2.24) is 37.2 Å². The third-order valence-corrected chi connectivity index (χ3v) is 15.4. The van der Waals surface area contributed by atoms with E-state index >= 15 is 0 Å². The highest BCUT2D eigenvalue weighted by Crippen LogP contribution is 2.24. The Morgan fingerprint density at radius 2 is 0.674 bits per heavy atom. The van der Waals surface area contributed by atoms with Crippen molar-refractivity contribution in [1.29, 1.82) is 0 Å². The third-order valence-electron chi connectivity index (χ3n) is 15.4. The third kappa shape index (κ3) is 34.2. The normalized spacial score (nSPS) is 25.1. The van der Waals surface area contributed by atoms with Gasteiger partial charge in [-0.15, -0.1) is 0 Å². The van der Waals surface area contributed by atoms with Crippen molar-refractivity contribution >= 4 is 41.4 Å². The van der Waals surface area contributed by atoms with Crippen LogP contribution < -0.4 is 37.2 Å². The lowest BCUT2D eigenvalue weighted by Gasteiger charge is -2.36. The highest BCUT2D eigenvalue weighted by molar-refractivity contribution is 5.92. The van der Waals surface area contributed by atoms with E-state index in [0.717, 1.165) is 6.42 Å². The van der Waals surface area contributed by atoms with E-state index in [-0.39, 0.29) is 134 Å². The van der Waals surface area contributed by atoms with Crippen molar-refractivity contribution < 1.29 is 113 Å². The molecule has 3 aliphatic rings. The van der Waals surface area contributed by atoms with Crippen molar-refractivity contribution in [3.63, 3.8) is 0 Å². The summed E-state index contributed by atoms with van der Waals surface area (Å²) in [6.07, 6.45) is -2.85. The zero-order valence-electron chi connectivity index (χ0n) is 51.7. The summed E-state index contributed by atoms with van der Waals surface area (Å²) < 4.78 is 33.4. The number of carbonyl (C=O) groups excluding carboxylic acids is 7. The van der Waals surface area contributed by atoms with Gasteiger partial charge in [0.1, 0.15) is 48.7 Å². The quantitative estimate of drug-likeness (QED) is 0.0271. The largest absolute Gasteiger partial charge is 0.395 e. The monoisotopic (exact) mass is 1280 g/mol. The van der Waals surface area contributed by atoms with Crippen LogP contribution in [0, 0.1) is 0 Å². The average molecular weight is 1280 g/mol. The summed E-state index contributed by atoms with van der Waals surface area (Å²) in [6, 6.07) is -2.12. The maximum atomic E-state index is 14.2. The Labute approximate surface area is 521 Å². The molecule has 14 atom stereocenters. The maximum absolute atomic E-state index is 14.2. The molecule has 17 N–H and O–H groups in total. The summed E-state index contributed by atoms with van der Waals surface area (Å²) in [7, 11) is 0. The molecule has 3 aliphatic heterocycles. The van der Waals surface area contributed by atoms with Crippen LogP contribution >= 0.6 is 0 Å². The van der Waals surface area contributed by atoms with Crippen LogP contribution in [0.4, 0.5) is 0 Å². The van der Waals surface area contributed by atoms with Crippen LogP contribution in [0.2, 0.25) is 0 Å². The standard InChI is InChI=1S/C59H107N7O23/c67-29-28-63-50(77)20-3-1-10-24-60-47(74)19-4-2-11-27-64-58(82)39(17-5-12-25-61-48(75)21-7-14-30-84-52-33-41(71)55(79)44(36-68)87-52)66-59(83)40(65-51(78)23-9-16-32-86-54-35-43(73)57(81)46(38-70)89-54)18-6-13-26-62-49(76)22-8-15-31-85-53-34-42(72)56(80)45(37-69)88-53/h39-46,52-57,67-73,79-81H,1-38H2,(H,60,74)(H,61,75)(H,62,76)(H,63,77)(H,64,82)(H,65,78)(H,66,83)/t39-,40-,41+,42+,43+,44+,45+,46+,52+,53+,54+,55+,56+,57+/m0/s1. The van der Waals surface area contributed by atoms with Crippen LogP contribution in [0.1, 0.15) is 167 Å². The molecule has 0 aromatic heterocycles. The van der Waals surface area contributed by atoms with Gasteiger partial charge in [0, 0.05) is 104 Å². The number of unbranched alkanes of at least 4 members (excludes halogenated alkanes) is 9. The van der Waals surface area contributed by atoms with E-state index in [9.17, 15) is 79.5 Å². The molecule has 0 radical (unpaired) electrons. The SMILES string of the molecule is O=C(CCCCCNC(=O)CCCCCNC(=O)[C@H](CCCCNC(=O)CCCCO[C@H]1C[C@@H](O)[C@@H](O)[C@@H](CO)O1)NC(=O)[C@H](CCCCNC(=O)CCCCO[C@H]1C[C@@H](O)[C@@H](O)[C@@H](CO)O1)NC(=O)CCCCO[C@H]1C[C@@H](O)[C@@H](O)[C@@H](CO)O1)NCCO. The first kappa shape index (κ1) is 78.9. The minimum atomic E-state index is -1.26. The van der Waals surface area contributed by atoms with Gasteiger partial charge in [-0.1, -0.05) is 12.8 Å². The molecule has 0 aliphatic carbocycles. The highest BCUT2D eigenvalue weighted by atomic mass is 16.7. The Kier molecular flexibility index (Phi) is 42.1. The van der Waals surface area contributed by atoms with Crippen LogP contribution in [0.5, 0.6) is 0 Å². The summed E-state index contributed by atoms with van der Waals surface area (Å²) in [4.78, 5) is 91.1. The van der Waals surface area contributed by atoms with Crippen molar-refractivity contribution in [3.8, 4) is 0 Å². The molecule has 0 saturated carbocycles. The van der Waals surface area contributed by atoms with Gasteiger partial charge in [0.15, 0.2) is 18.9 Å². The van der Waals surface area contributed by atoms with Crippen LogP contribution in [0.15, 0.2) is 0 Å². The molecule has 30 nitrogen and oxygen atoms in total. The summed E-state index contributed by atoms with van der Waals surface area (Å²) in [5.74, 6) is -2.17. The number of aliphatic hydroxyl groups is 10. The molecule has 0 unspecified atom stereocenters. The Balaban J connectivity index is 1.54. The summed E-state index contributed by atoms with van der Waals surface area (Å²) in [6.45, 7) is 0.474. The molecule has 30 heteroatoms. The Bertz CT molecular complexity index is 1990. The smallest absolute Gasteiger partial charge is 0.243 e. The number of rotatable bonds is 49. The zero-order chi connectivity index (χ0) is 65.2. The molecular formula is C59H107N7O23. The zero-order valence-corrected chi connectivity index (χ0v) is 51.7. The lowest BCUT2D eigenvalue weighted by Crippen LogP contribution is -2.53. The van der Waals surface area contributed by atoms with E-state index in [1.165, 1.54) is 0 Å². The summed E-state index contributed by atoms with van der Waals surface area (Å²) >= 11 is 0. The van der Waals surface area contributed by atoms with Crippen LogP contribution in [-0.4, -0.2) is 257 Å². The Morgan fingerprint density at radius 1 is 0.360 bits per heavy atom. The number of amides is 7. The van der Waals surface area contributed by atoms with E-state index in [1.54, 1.807) is 0 Å². The van der Waals surface area contributed by atoms with E-state index < -0.39 is 123 Å². The van der Waals surface area contributed by atoms with E-state index in [4.69, 9.17) is 33.5 Å². The fourth-order valence-electron chi connectivity index (χ4n) is 10.1. The van der Waals surface area contributed by atoms with Crippen molar-refractivity contribution in [3.05, 3.63) is 0 Å². The molecule has 516 valence electrons. The van der Waals surface area contributed by atoms with Crippen LogP contribution in [0.25, 0.3) is 0 Å². The lowest BCUT2D eigenvalue weighted by atomic mass is 10.0. The van der Waals surface area contributed by atoms with E-state index in [0.29, 0.717) is 109 Å². The van der Waals surface area contributed by atoms with Gasteiger partial charge >= 0.3 is 0 Å². The second-order valence-electron chi connectivity index (χ2n) is 22.9. The molecule has 0 bridgehead atoms. The van der Waals surface area contributed by atoms with E-state index in [2.05, 4.69) is 37.2 Å². The molecule has 3 fully saturated rings. The van der Waals surface area contributed by atoms with Gasteiger partial charge in [0.2, 0.25) is 41.4 Å². The number of hydrogen-bond acceptors (Lipinski definition) is 23. The second-order valence-corrected chi connectivity index (χ2v) is 22.9. The van der Waals surface area contributed by atoms with Crippen molar-refractivity contribution in [2.75, 3.05) is 79.0 Å². The van der Waals surface area contributed by atoms with Gasteiger partial charge < -0.3 is 117 Å². The fourth-order valence-corrected chi connectivity index (χ4v) is 10.1. The Morgan fingerprint density at radius 3 is 1.03 bits per heavy atom. The summed E-state index contributed by atoms with van der Waals surface area (Å²) in [5, 5.41) is 117. The lowest BCUT2D eigenvalue weighted by molar-refractivity contribution is -0.257. The van der Waals surface area contributed by atoms with Gasteiger partial charge in [-0.05, 0) is 103 Å². The molecule has 3 rings (SSSR count). The molecule has 89 heavy (non-hydrogen) atoms. The first-order valence-corrected chi connectivity index (χ1v) is 32.2. The van der Waals surface area contributed by atoms with Gasteiger partial charge in [-0.25, -0.2) is 0 Å². The number of nitrogens with one attached hydrogen (secondary N) is 7. The first-order valence-electron chi connectivity index (χ1n) is 32.2. The predicted octanol–water partition coefficient (Wildman–Crippen LogP) is -2.96. The molecule has 3 heterocycles. The second kappa shape index (κ2) is 47.5. The van der Waals surface area contributed by atoms with Crippen molar-refractivity contribution in [2.45, 2.75) is 253 Å². The fraction of sp³-hybridized carbons (Fsp3) is 0.881. The van der Waals surface area contributed by atoms with Gasteiger partial charge in [-0.3, -0.25) is 33.6 Å². The van der Waals surface area contributed by atoms with Gasteiger partial charge in [0.25, 0.3) is 0 Å². The number of aliphatic hydroxyl groups excluding tert-OH is 10. The number of carbonyl (C=O) groups is 7. The molecule has 7 amide bonds.